The normalized spacial score (nSPS) is 17.8. The van der Waals surface area contributed by atoms with E-state index in [2.05, 4.69) is 41.8 Å². The number of halogens is 1. The lowest BCUT2D eigenvalue weighted by molar-refractivity contribution is -0.136. The largest absolute Gasteiger partial charge is 0.481 e. The minimum Gasteiger partial charge on any atom is -0.481 e. The molecular weight excluding hydrogens is 633 g/mol. The Kier molecular flexibility index (Phi) is 12.0. The first-order chi connectivity index (χ1) is 23.6. The summed E-state index contributed by atoms with van der Waals surface area (Å²) in [6.45, 7) is 20.5. The molecule has 0 bridgehead atoms. The minimum atomic E-state index is -0.847. The van der Waals surface area contributed by atoms with Crippen LogP contribution in [0.15, 0.2) is 36.4 Å². The summed E-state index contributed by atoms with van der Waals surface area (Å²) in [5.41, 5.74) is 10.0. The first-order valence-corrected chi connectivity index (χ1v) is 18.0. The van der Waals surface area contributed by atoms with Gasteiger partial charge in [-0.15, -0.1) is 0 Å². The van der Waals surface area contributed by atoms with Gasteiger partial charge in [0.2, 0.25) is 0 Å². The van der Waals surface area contributed by atoms with Gasteiger partial charge in [-0.2, -0.15) is 0 Å². The third-order valence-electron chi connectivity index (χ3n) is 9.90. The Balaban J connectivity index is 0.000000908. The topological polar surface area (TPSA) is 95.4 Å². The van der Waals surface area contributed by atoms with Crippen LogP contribution >= 0.6 is 0 Å². The maximum atomic E-state index is 13.7. The number of hydrogen-bond donors (Lipinski definition) is 2. The first kappa shape index (κ1) is 37.9. The highest BCUT2D eigenvalue weighted by Gasteiger charge is 2.31. The third kappa shape index (κ3) is 10.1. The minimum absolute atomic E-state index is 0.0652. The van der Waals surface area contributed by atoms with Crippen LogP contribution < -0.4 is 4.90 Å². The molecule has 1 aromatic heterocycles. The van der Waals surface area contributed by atoms with Crippen molar-refractivity contribution in [3.63, 3.8) is 0 Å². The summed E-state index contributed by atoms with van der Waals surface area (Å²) in [5, 5.41) is 18.5. The van der Waals surface area contributed by atoms with Crippen molar-refractivity contribution in [1.82, 2.24) is 9.88 Å². The van der Waals surface area contributed by atoms with Crippen LogP contribution in [0.25, 0.3) is 11.1 Å². The fourth-order valence-electron chi connectivity index (χ4n) is 6.92. The number of carboxylic acid groups (broad SMARTS) is 1. The van der Waals surface area contributed by atoms with Crippen LogP contribution in [0.2, 0.25) is 0 Å². The number of aliphatic hydroxyl groups is 1. The molecule has 0 unspecified atom stereocenters. The Bertz CT molecular complexity index is 1650. The number of aryl methyl sites for hydroxylation is 2. The number of rotatable bonds is 10. The van der Waals surface area contributed by atoms with Crippen molar-refractivity contribution >= 4 is 11.7 Å². The predicted octanol–water partition coefficient (Wildman–Crippen LogP) is 7.26. The number of ether oxygens (including phenoxy) is 2. The number of piperidine rings is 1. The van der Waals surface area contributed by atoms with E-state index in [1.807, 2.05) is 19.9 Å². The van der Waals surface area contributed by atoms with Crippen LogP contribution in [-0.2, 0) is 46.8 Å². The Labute approximate surface area is 297 Å². The van der Waals surface area contributed by atoms with Gasteiger partial charge in [-0.25, -0.2) is 4.39 Å². The van der Waals surface area contributed by atoms with Crippen LogP contribution in [0, 0.1) is 31.0 Å². The smallest absolute Gasteiger partial charge is 0.307 e. The maximum absolute atomic E-state index is 13.7. The molecule has 0 saturated carbocycles. The summed E-state index contributed by atoms with van der Waals surface area (Å²) < 4.78 is 25.3. The lowest BCUT2D eigenvalue weighted by Gasteiger charge is -2.40. The molecule has 2 fully saturated rings. The number of fused-ring (bicyclic) bond motifs is 1. The number of benzene rings is 2. The molecule has 0 radical (unpaired) electrons. The van der Waals surface area contributed by atoms with E-state index in [9.17, 15) is 14.3 Å². The van der Waals surface area contributed by atoms with E-state index in [0.717, 1.165) is 110 Å². The number of carbonyl (C=O) groups is 1. The second kappa shape index (κ2) is 15.9. The van der Waals surface area contributed by atoms with E-state index in [4.69, 9.17) is 19.6 Å². The first-order valence-electron chi connectivity index (χ1n) is 18.0. The van der Waals surface area contributed by atoms with Crippen LogP contribution in [0.1, 0.15) is 86.7 Å². The van der Waals surface area contributed by atoms with Crippen molar-refractivity contribution in [3.05, 3.63) is 81.4 Å². The van der Waals surface area contributed by atoms with E-state index in [1.54, 1.807) is 32.9 Å². The molecule has 272 valence electrons. The summed E-state index contributed by atoms with van der Waals surface area (Å²) in [6.07, 6.45) is 2.93. The molecule has 9 heteroatoms. The van der Waals surface area contributed by atoms with Crippen LogP contribution in [-0.4, -0.2) is 71.1 Å². The van der Waals surface area contributed by atoms with Gasteiger partial charge in [0.05, 0.1) is 49.8 Å². The summed E-state index contributed by atoms with van der Waals surface area (Å²) in [7, 11) is 0. The standard InChI is InChI=1S/C37H46FN3O4.C4H10O/c1-24-15-31(38)8-7-29(24)18-40-12-9-27-16-28(5-6-30(27)19-40)35-33(23-45-22-26-20-44-21-26)39-25(2)32(17-34(42)43)36(35)41-13-10-37(3,4)11-14-41;1-4(2,3)5/h5-8,15-16,26H,9-14,17-23H2,1-4H3,(H,42,43);5H,1-3H3. The molecule has 2 saturated heterocycles. The summed E-state index contributed by atoms with van der Waals surface area (Å²) >= 11 is 0. The van der Waals surface area contributed by atoms with Crippen LogP contribution in [0.3, 0.4) is 0 Å². The van der Waals surface area contributed by atoms with E-state index in [0.29, 0.717) is 19.1 Å². The number of hydrogen-bond acceptors (Lipinski definition) is 7. The van der Waals surface area contributed by atoms with Gasteiger partial charge in [-0.1, -0.05) is 38.1 Å². The molecule has 3 aliphatic heterocycles. The molecule has 3 aromatic rings. The Morgan fingerprint density at radius 1 is 1.06 bits per heavy atom. The lowest BCUT2D eigenvalue weighted by Crippen LogP contribution is -2.38. The molecule has 0 atom stereocenters. The zero-order valence-electron chi connectivity index (χ0n) is 31.1. The zero-order chi connectivity index (χ0) is 36.2. The number of anilines is 1. The SMILES string of the molecule is CC(C)(C)O.Cc1cc(F)ccc1CN1CCc2cc(-c3c(COCC4COC4)nc(C)c(CC(=O)O)c3N3CCC(C)(C)CC3)ccc2C1. The summed E-state index contributed by atoms with van der Waals surface area (Å²) in [6, 6.07) is 11.8. The zero-order valence-corrected chi connectivity index (χ0v) is 31.1. The molecule has 6 rings (SSSR count). The number of aromatic nitrogens is 1. The second-order valence-corrected chi connectivity index (χ2v) is 16.2. The van der Waals surface area contributed by atoms with Gasteiger partial charge < -0.3 is 24.6 Å². The van der Waals surface area contributed by atoms with Crippen LogP contribution in [0.5, 0.6) is 0 Å². The molecule has 0 amide bonds. The number of nitrogens with zero attached hydrogens (tertiary/aromatic N) is 3. The molecule has 0 spiro atoms. The van der Waals surface area contributed by atoms with Crippen molar-refractivity contribution in [2.75, 3.05) is 44.4 Å². The van der Waals surface area contributed by atoms with Crippen molar-refractivity contribution in [3.8, 4) is 11.1 Å². The third-order valence-corrected chi connectivity index (χ3v) is 9.90. The molecule has 0 aliphatic carbocycles. The Hall–Kier alpha value is -3.37. The molecule has 2 aromatic carbocycles. The Morgan fingerprint density at radius 3 is 2.38 bits per heavy atom. The van der Waals surface area contributed by atoms with Crippen molar-refractivity contribution in [2.24, 2.45) is 11.3 Å². The number of carboxylic acids is 1. The molecule has 50 heavy (non-hydrogen) atoms. The van der Waals surface area contributed by atoms with Gasteiger partial charge >= 0.3 is 5.97 Å². The van der Waals surface area contributed by atoms with E-state index < -0.39 is 11.6 Å². The predicted molar refractivity (Wildman–Crippen MR) is 196 cm³/mol. The van der Waals surface area contributed by atoms with Gasteiger partial charge in [0.15, 0.2) is 0 Å². The van der Waals surface area contributed by atoms with Crippen molar-refractivity contribution < 1.29 is 28.9 Å². The van der Waals surface area contributed by atoms with Gasteiger partial charge in [-0.3, -0.25) is 14.7 Å². The quantitative estimate of drug-likeness (QED) is 0.230. The molecule has 8 nitrogen and oxygen atoms in total. The molecule has 2 N–H and O–H groups in total. The highest BCUT2D eigenvalue weighted by molar-refractivity contribution is 5.87. The Morgan fingerprint density at radius 2 is 1.76 bits per heavy atom. The van der Waals surface area contributed by atoms with Gasteiger partial charge in [0.1, 0.15) is 5.82 Å². The fraction of sp³-hybridized carbons (Fsp3) is 0.561. The van der Waals surface area contributed by atoms with Gasteiger partial charge in [-0.05, 0) is 99.2 Å². The van der Waals surface area contributed by atoms with E-state index in [1.165, 1.54) is 11.1 Å². The van der Waals surface area contributed by atoms with Crippen molar-refractivity contribution in [2.45, 2.75) is 99.4 Å². The van der Waals surface area contributed by atoms with Gasteiger partial charge in [0.25, 0.3) is 0 Å². The summed E-state index contributed by atoms with van der Waals surface area (Å²) in [5.74, 6) is -0.630. The highest BCUT2D eigenvalue weighted by Crippen LogP contribution is 2.43. The van der Waals surface area contributed by atoms with E-state index in [-0.39, 0.29) is 17.7 Å². The average molecular weight is 690 g/mol. The van der Waals surface area contributed by atoms with Crippen LogP contribution in [0.4, 0.5) is 10.1 Å². The number of aliphatic carboxylic acids is 1. The van der Waals surface area contributed by atoms with E-state index >= 15 is 0 Å². The molecule has 4 heterocycles. The lowest BCUT2D eigenvalue weighted by atomic mass is 9.81. The molecular formula is C41H56FN3O5. The average Bonchev–Trinajstić information content (AvgIpc) is 3.00. The molecule has 3 aliphatic rings. The highest BCUT2D eigenvalue weighted by atomic mass is 19.1. The maximum Gasteiger partial charge on any atom is 0.307 e. The fourth-order valence-corrected chi connectivity index (χ4v) is 6.92. The van der Waals surface area contributed by atoms with Crippen molar-refractivity contribution in [1.29, 1.82) is 0 Å². The monoisotopic (exact) mass is 689 g/mol. The number of pyridine rings is 1. The van der Waals surface area contributed by atoms with Gasteiger partial charge in [0, 0.05) is 55.5 Å². The second-order valence-electron chi connectivity index (χ2n) is 16.2. The summed E-state index contributed by atoms with van der Waals surface area (Å²) in [4.78, 5) is 22.0.